The maximum absolute atomic E-state index is 12.9. The molecule has 0 atom stereocenters. The van der Waals surface area contributed by atoms with Crippen LogP contribution < -0.4 is 5.43 Å². The molecule has 0 aliphatic rings. The van der Waals surface area contributed by atoms with Crippen LogP contribution in [0.25, 0.3) is 17.1 Å². The van der Waals surface area contributed by atoms with Gasteiger partial charge in [-0.15, -0.1) is 10.2 Å². The molecule has 0 aliphatic carbocycles. The lowest BCUT2D eigenvalue weighted by molar-refractivity contribution is -0.118. The van der Waals surface area contributed by atoms with Crippen molar-refractivity contribution in [2.45, 2.75) is 5.16 Å². The average molecular weight is 431 g/mol. The topological polar surface area (TPSA) is 72.2 Å². The van der Waals surface area contributed by atoms with E-state index in [1.807, 2.05) is 65.2 Å². The van der Waals surface area contributed by atoms with Crippen LogP contribution in [0.2, 0.25) is 0 Å². The molecule has 1 aromatic heterocycles. The van der Waals surface area contributed by atoms with Crippen LogP contribution in [0.15, 0.2) is 95.2 Å². The van der Waals surface area contributed by atoms with E-state index in [0.717, 1.165) is 11.3 Å². The second kappa shape index (κ2) is 9.82. The molecular formula is C23H18FN5OS. The molecule has 1 heterocycles. The highest BCUT2D eigenvalue weighted by Gasteiger charge is 2.16. The molecule has 8 heteroatoms. The van der Waals surface area contributed by atoms with Crippen LogP contribution in [0, 0.1) is 5.82 Å². The summed E-state index contributed by atoms with van der Waals surface area (Å²) >= 11 is 1.27. The fourth-order valence-electron chi connectivity index (χ4n) is 2.84. The summed E-state index contributed by atoms with van der Waals surface area (Å²) in [5.41, 5.74) is 4.99. The van der Waals surface area contributed by atoms with E-state index in [-0.39, 0.29) is 17.5 Å². The third kappa shape index (κ3) is 5.23. The second-order valence-electron chi connectivity index (χ2n) is 6.48. The summed E-state index contributed by atoms with van der Waals surface area (Å²) in [6.45, 7) is 0. The molecular weight excluding hydrogens is 413 g/mol. The predicted molar refractivity (Wildman–Crippen MR) is 120 cm³/mol. The number of carbonyl (C=O) groups is 1. The van der Waals surface area contributed by atoms with Gasteiger partial charge in [0.25, 0.3) is 5.91 Å². The Balaban J connectivity index is 1.47. The summed E-state index contributed by atoms with van der Waals surface area (Å²) in [5.74, 6) is 0.201. The van der Waals surface area contributed by atoms with Crippen molar-refractivity contribution in [3.63, 3.8) is 0 Å². The molecule has 4 rings (SSSR count). The van der Waals surface area contributed by atoms with Gasteiger partial charge in [-0.3, -0.25) is 9.36 Å². The van der Waals surface area contributed by atoms with E-state index in [9.17, 15) is 9.18 Å². The minimum Gasteiger partial charge on any atom is -0.272 e. The second-order valence-corrected chi connectivity index (χ2v) is 7.42. The first kappa shape index (κ1) is 20.5. The zero-order valence-electron chi connectivity index (χ0n) is 16.4. The summed E-state index contributed by atoms with van der Waals surface area (Å²) in [6.07, 6.45) is 1.46. The molecule has 3 aromatic carbocycles. The number of hydrogen-bond acceptors (Lipinski definition) is 5. The van der Waals surface area contributed by atoms with Crippen LogP contribution in [0.3, 0.4) is 0 Å². The van der Waals surface area contributed by atoms with Gasteiger partial charge in [-0.25, -0.2) is 9.82 Å². The van der Waals surface area contributed by atoms with E-state index < -0.39 is 0 Å². The molecule has 6 nitrogen and oxygen atoms in total. The molecule has 4 aromatic rings. The summed E-state index contributed by atoms with van der Waals surface area (Å²) in [7, 11) is 0. The molecule has 0 saturated heterocycles. The molecule has 0 aliphatic heterocycles. The fourth-order valence-corrected chi connectivity index (χ4v) is 3.58. The van der Waals surface area contributed by atoms with Gasteiger partial charge in [0.1, 0.15) is 5.82 Å². The number of nitrogens with zero attached hydrogens (tertiary/aromatic N) is 4. The van der Waals surface area contributed by atoms with E-state index in [4.69, 9.17) is 0 Å². The average Bonchev–Trinajstić information content (AvgIpc) is 3.24. The first-order chi connectivity index (χ1) is 15.2. The number of amides is 1. The Hall–Kier alpha value is -3.78. The lowest BCUT2D eigenvalue weighted by Gasteiger charge is -2.10. The quantitative estimate of drug-likeness (QED) is 0.269. The van der Waals surface area contributed by atoms with Crippen molar-refractivity contribution in [1.29, 1.82) is 0 Å². The largest absolute Gasteiger partial charge is 0.272 e. The van der Waals surface area contributed by atoms with Crippen LogP contribution in [0.5, 0.6) is 0 Å². The SMILES string of the molecule is O=C(CSc1nnc(-c2ccccc2)n1-c1ccccc1)N/N=C/c1ccc(F)cc1. The number of thioether (sulfide) groups is 1. The van der Waals surface area contributed by atoms with Gasteiger partial charge in [-0.1, -0.05) is 72.4 Å². The van der Waals surface area contributed by atoms with Gasteiger partial charge in [0.15, 0.2) is 11.0 Å². The maximum atomic E-state index is 12.9. The minimum atomic E-state index is -0.324. The number of aromatic nitrogens is 3. The lowest BCUT2D eigenvalue weighted by atomic mass is 10.2. The zero-order chi connectivity index (χ0) is 21.5. The molecule has 1 amide bonds. The molecule has 0 unspecified atom stereocenters. The predicted octanol–water partition coefficient (Wildman–Crippen LogP) is 4.32. The first-order valence-corrected chi connectivity index (χ1v) is 10.5. The molecule has 154 valence electrons. The Bertz CT molecular complexity index is 1180. The van der Waals surface area contributed by atoms with E-state index in [1.165, 1.54) is 30.1 Å². The summed E-state index contributed by atoms with van der Waals surface area (Å²) in [4.78, 5) is 12.2. The van der Waals surface area contributed by atoms with Gasteiger partial charge >= 0.3 is 0 Å². The van der Waals surface area contributed by atoms with Crippen molar-refractivity contribution in [1.82, 2.24) is 20.2 Å². The molecule has 1 N–H and O–H groups in total. The van der Waals surface area contributed by atoms with Gasteiger partial charge in [-0.05, 0) is 29.8 Å². The molecule has 0 bridgehead atoms. The third-order valence-electron chi connectivity index (χ3n) is 4.28. The number of benzene rings is 3. The van der Waals surface area contributed by atoms with Gasteiger partial charge in [0, 0.05) is 11.3 Å². The number of halogens is 1. The van der Waals surface area contributed by atoms with Gasteiger partial charge < -0.3 is 0 Å². The minimum absolute atomic E-state index is 0.112. The van der Waals surface area contributed by atoms with Crippen LogP contribution in [-0.4, -0.2) is 32.6 Å². The first-order valence-electron chi connectivity index (χ1n) is 9.47. The van der Waals surface area contributed by atoms with Crippen molar-refractivity contribution < 1.29 is 9.18 Å². The zero-order valence-corrected chi connectivity index (χ0v) is 17.2. The number of para-hydroxylation sites is 1. The molecule has 31 heavy (non-hydrogen) atoms. The van der Waals surface area contributed by atoms with Crippen LogP contribution in [0.1, 0.15) is 5.56 Å². The van der Waals surface area contributed by atoms with Crippen molar-refractivity contribution >= 4 is 23.9 Å². The highest BCUT2D eigenvalue weighted by molar-refractivity contribution is 7.99. The highest BCUT2D eigenvalue weighted by Crippen LogP contribution is 2.27. The number of carbonyl (C=O) groups excluding carboxylic acids is 1. The van der Waals surface area contributed by atoms with E-state index >= 15 is 0 Å². The monoisotopic (exact) mass is 431 g/mol. The molecule has 0 spiro atoms. The van der Waals surface area contributed by atoms with Crippen LogP contribution in [0.4, 0.5) is 4.39 Å². The van der Waals surface area contributed by atoms with Crippen molar-refractivity contribution in [3.8, 4) is 17.1 Å². The maximum Gasteiger partial charge on any atom is 0.250 e. The number of hydrogen-bond donors (Lipinski definition) is 1. The van der Waals surface area contributed by atoms with E-state index in [1.54, 1.807) is 12.1 Å². The third-order valence-corrected chi connectivity index (χ3v) is 5.21. The Labute approximate surface area is 182 Å². The smallest absolute Gasteiger partial charge is 0.250 e. The molecule has 0 saturated carbocycles. The standard InChI is InChI=1S/C23H18FN5OS/c24-19-13-11-17(12-14-19)15-25-26-21(30)16-31-23-28-27-22(18-7-3-1-4-8-18)29(23)20-9-5-2-6-10-20/h1-15H,16H2,(H,26,30)/b25-15+. The van der Waals surface area contributed by atoms with Gasteiger partial charge in [0.2, 0.25) is 0 Å². The molecule has 0 fully saturated rings. The Morgan fingerprint density at radius 2 is 1.65 bits per heavy atom. The fraction of sp³-hybridized carbons (Fsp3) is 0.0435. The van der Waals surface area contributed by atoms with Crippen LogP contribution in [-0.2, 0) is 4.79 Å². The van der Waals surface area contributed by atoms with Crippen LogP contribution >= 0.6 is 11.8 Å². The number of rotatable bonds is 7. The normalized spacial score (nSPS) is 11.0. The number of nitrogens with one attached hydrogen (secondary N) is 1. The Morgan fingerprint density at radius 3 is 2.35 bits per heavy atom. The van der Waals surface area contributed by atoms with Gasteiger partial charge in [-0.2, -0.15) is 5.10 Å². The number of hydrazone groups is 1. The Morgan fingerprint density at radius 1 is 0.968 bits per heavy atom. The summed E-state index contributed by atoms with van der Waals surface area (Å²) < 4.78 is 14.9. The van der Waals surface area contributed by atoms with Crippen molar-refractivity contribution in [2.75, 3.05) is 5.75 Å². The van der Waals surface area contributed by atoms with E-state index in [2.05, 4.69) is 20.7 Å². The van der Waals surface area contributed by atoms with Crippen molar-refractivity contribution in [3.05, 3.63) is 96.3 Å². The summed E-state index contributed by atoms with van der Waals surface area (Å²) in [5, 5.41) is 13.2. The highest BCUT2D eigenvalue weighted by atomic mass is 32.2. The van der Waals surface area contributed by atoms with Gasteiger partial charge in [0.05, 0.1) is 12.0 Å². The van der Waals surface area contributed by atoms with E-state index in [0.29, 0.717) is 16.5 Å². The Kier molecular flexibility index (Phi) is 6.49. The summed E-state index contributed by atoms with van der Waals surface area (Å²) in [6, 6.07) is 25.3. The van der Waals surface area contributed by atoms with Crippen molar-refractivity contribution in [2.24, 2.45) is 5.10 Å². The lowest BCUT2D eigenvalue weighted by Crippen LogP contribution is -2.20. The molecule has 0 radical (unpaired) electrons.